The van der Waals surface area contributed by atoms with Crippen molar-refractivity contribution >= 4 is 23.3 Å². The summed E-state index contributed by atoms with van der Waals surface area (Å²) in [7, 11) is 0. The fourth-order valence-electron chi connectivity index (χ4n) is 2.06. The summed E-state index contributed by atoms with van der Waals surface area (Å²) in [5.74, 6) is 0.630. The molecule has 0 fully saturated rings. The van der Waals surface area contributed by atoms with E-state index in [1.54, 1.807) is 35.9 Å². The van der Waals surface area contributed by atoms with E-state index in [1.807, 2.05) is 19.1 Å². The lowest BCUT2D eigenvalue weighted by Crippen LogP contribution is -2.13. The molecular weight excluding hydrogens is 304 g/mol. The van der Waals surface area contributed by atoms with Gasteiger partial charge in [-0.25, -0.2) is 4.68 Å². The van der Waals surface area contributed by atoms with Gasteiger partial charge in [0.15, 0.2) is 11.5 Å². The van der Waals surface area contributed by atoms with Gasteiger partial charge in [-0.3, -0.25) is 4.79 Å². The maximum absolute atomic E-state index is 12.2. The molecule has 1 N–H and O–H groups in total. The SMILES string of the molecule is Cc1cc(NC(=O)c2cc(C)n(-c3cccc(Cl)c3)n2)no1. The number of hydrogen-bond donors (Lipinski definition) is 1. The van der Waals surface area contributed by atoms with Crippen molar-refractivity contribution in [1.82, 2.24) is 14.9 Å². The molecule has 0 saturated carbocycles. The zero-order valence-electron chi connectivity index (χ0n) is 12.0. The van der Waals surface area contributed by atoms with Gasteiger partial charge in [0, 0.05) is 16.8 Å². The fourth-order valence-corrected chi connectivity index (χ4v) is 2.24. The minimum Gasteiger partial charge on any atom is -0.360 e. The van der Waals surface area contributed by atoms with Crippen LogP contribution >= 0.6 is 11.6 Å². The number of amides is 1. The number of carbonyl (C=O) groups is 1. The van der Waals surface area contributed by atoms with Crippen molar-refractivity contribution in [3.8, 4) is 5.69 Å². The maximum atomic E-state index is 12.2. The summed E-state index contributed by atoms with van der Waals surface area (Å²) in [6, 6.07) is 10.6. The first-order valence-electron chi connectivity index (χ1n) is 6.60. The van der Waals surface area contributed by atoms with Crippen LogP contribution in [0, 0.1) is 13.8 Å². The predicted molar refractivity (Wildman–Crippen MR) is 82.5 cm³/mol. The standard InChI is InChI=1S/C15H13ClN4O2/c1-9-6-13(15(21)17-14-7-10(2)22-19-14)18-20(9)12-5-3-4-11(16)8-12/h3-8H,1-2H3,(H,17,19,21). The first-order valence-corrected chi connectivity index (χ1v) is 6.98. The Labute approximate surface area is 131 Å². The Morgan fingerprint density at radius 1 is 1.27 bits per heavy atom. The molecule has 1 amide bonds. The van der Waals surface area contributed by atoms with Gasteiger partial charge >= 0.3 is 0 Å². The number of benzene rings is 1. The minimum atomic E-state index is -0.350. The molecule has 1 aromatic carbocycles. The Bertz CT molecular complexity index is 838. The molecule has 2 aromatic heterocycles. The zero-order valence-corrected chi connectivity index (χ0v) is 12.8. The number of rotatable bonds is 3. The highest BCUT2D eigenvalue weighted by molar-refractivity contribution is 6.30. The van der Waals surface area contributed by atoms with Gasteiger partial charge in [-0.2, -0.15) is 5.10 Å². The van der Waals surface area contributed by atoms with Crippen molar-refractivity contribution in [2.75, 3.05) is 5.32 Å². The number of halogens is 1. The Balaban J connectivity index is 1.87. The second kappa shape index (κ2) is 5.65. The highest BCUT2D eigenvalue weighted by atomic mass is 35.5. The molecule has 0 radical (unpaired) electrons. The molecule has 0 aliphatic heterocycles. The second-order valence-electron chi connectivity index (χ2n) is 4.84. The molecule has 0 bridgehead atoms. The Hall–Kier alpha value is -2.60. The van der Waals surface area contributed by atoms with Crippen molar-refractivity contribution in [1.29, 1.82) is 0 Å². The number of hydrogen-bond acceptors (Lipinski definition) is 4. The van der Waals surface area contributed by atoms with Crippen LogP contribution in [0.25, 0.3) is 5.69 Å². The molecule has 6 nitrogen and oxygen atoms in total. The number of nitrogens with zero attached hydrogens (tertiary/aromatic N) is 3. The first kappa shape index (κ1) is 14.3. The summed E-state index contributed by atoms with van der Waals surface area (Å²) >= 11 is 5.99. The molecule has 3 aromatic rings. The van der Waals surface area contributed by atoms with Crippen molar-refractivity contribution < 1.29 is 9.32 Å². The summed E-state index contributed by atoms with van der Waals surface area (Å²) in [4.78, 5) is 12.2. The van der Waals surface area contributed by atoms with E-state index in [9.17, 15) is 4.79 Å². The predicted octanol–water partition coefficient (Wildman–Crippen LogP) is 3.38. The monoisotopic (exact) mass is 316 g/mol. The summed E-state index contributed by atoms with van der Waals surface area (Å²) in [5, 5.41) is 11.3. The van der Waals surface area contributed by atoms with Gasteiger partial charge in [-0.05, 0) is 38.1 Å². The Kier molecular flexibility index (Phi) is 3.68. The van der Waals surface area contributed by atoms with Gasteiger partial charge < -0.3 is 9.84 Å². The molecule has 7 heteroatoms. The third kappa shape index (κ3) is 2.87. The molecule has 22 heavy (non-hydrogen) atoms. The summed E-state index contributed by atoms with van der Waals surface area (Å²) < 4.78 is 6.57. The van der Waals surface area contributed by atoms with E-state index in [1.165, 1.54) is 0 Å². The lowest BCUT2D eigenvalue weighted by Gasteiger charge is -2.04. The van der Waals surface area contributed by atoms with Crippen molar-refractivity contribution in [3.05, 3.63) is 58.6 Å². The fraction of sp³-hybridized carbons (Fsp3) is 0.133. The number of carbonyl (C=O) groups excluding carboxylic acids is 1. The molecule has 0 spiro atoms. The van der Waals surface area contributed by atoms with Crippen LogP contribution in [-0.4, -0.2) is 20.8 Å². The number of nitrogens with one attached hydrogen (secondary N) is 1. The zero-order chi connectivity index (χ0) is 15.7. The normalized spacial score (nSPS) is 10.7. The highest BCUT2D eigenvalue weighted by Gasteiger charge is 2.15. The van der Waals surface area contributed by atoms with Crippen molar-refractivity contribution in [2.45, 2.75) is 13.8 Å². The van der Waals surface area contributed by atoms with Gasteiger partial charge in [0.2, 0.25) is 0 Å². The Morgan fingerprint density at radius 2 is 2.09 bits per heavy atom. The molecular formula is C15H13ClN4O2. The average molecular weight is 317 g/mol. The number of aromatic nitrogens is 3. The molecule has 2 heterocycles. The average Bonchev–Trinajstić information content (AvgIpc) is 3.05. The van der Waals surface area contributed by atoms with Crippen LogP contribution in [0.3, 0.4) is 0 Å². The third-order valence-corrected chi connectivity index (χ3v) is 3.28. The van der Waals surface area contributed by atoms with Crippen LogP contribution in [0.2, 0.25) is 5.02 Å². The summed E-state index contributed by atoms with van der Waals surface area (Å²) in [6.45, 7) is 3.62. The van der Waals surface area contributed by atoms with E-state index in [0.29, 0.717) is 16.6 Å². The van der Waals surface area contributed by atoms with Gasteiger partial charge in [0.05, 0.1) is 5.69 Å². The molecule has 0 atom stereocenters. The molecule has 3 rings (SSSR count). The third-order valence-electron chi connectivity index (χ3n) is 3.04. The van der Waals surface area contributed by atoms with Crippen molar-refractivity contribution in [3.63, 3.8) is 0 Å². The van der Waals surface area contributed by atoms with Crippen molar-refractivity contribution in [2.24, 2.45) is 0 Å². The van der Waals surface area contributed by atoms with Crippen LogP contribution in [0.4, 0.5) is 5.82 Å². The van der Waals surface area contributed by atoms with E-state index in [0.717, 1.165) is 11.4 Å². The van der Waals surface area contributed by atoms with E-state index < -0.39 is 0 Å². The largest absolute Gasteiger partial charge is 0.360 e. The smallest absolute Gasteiger partial charge is 0.277 e. The molecule has 0 unspecified atom stereocenters. The van der Waals surface area contributed by atoms with E-state index in [4.69, 9.17) is 16.1 Å². The quantitative estimate of drug-likeness (QED) is 0.804. The van der Waals surface area contributed by atoms with E-state index >= 15 is 0 Å². The molecule has 0 aliphatic carbocycles. The van der Waals surface area contributed by atoms with Gasteiger partial charge in [-0.1, -0.05) is 22.8 Å². The number of aryl methyl sites for hydroxylation is 2. The summed E-state index contributed by atoms with van der Waals surface area (Å²) in [5.41, 5.74) is 1.91. The minimum absolute atomic E-state index is 0.290. The lowest BCUT2D eigenvalue weighted by molar-refractivity contribution is 0.102. The van der Waals surface area contributed by atoms with E-state index in [-0.39, 0.29) is 11.6 Å². The van der Waals surface area contributed by atoms with Crippen LogP contribution in [0.15, 0.2) is 40.9 Å². The lowest BCUT2D eigenvalue weighted by atomic mass is 10.3. The molecule has 0 aliphatic rings. The van der Waals surface area contributed by atoms with E-state index in [2.05, 4.69) is 15.6 Å². The van der Waals surface area contributed by atoms with Gasteiger partial charge in [-0.15, -0.1) is 0 Å². The molecule has 112 valence electrons. The topological polar surface area (TPSA) is 73.0 Å². The first-order chi connectivity index (χ1) is 10.5. The number of anilines is 1. The molecule has 0 saturated heterocycles. The summed E-state index contributed by atoms with van der Waals surface area (Å²) in [6.07, 6.45) is 0. The highest BCUT2D eigenvalue weighted by Crippen LogP contribution is 2.17. The van der Waals surface area contributed by atoms with Gasteiger partial charge in [0.25, 0.3) is 5.91 Å². The van der Waals surface area contributed by atoms with Crippen LogP contribution in [0.1, 0.15) is 21.9 Å². The van der Waals surface area contributed by atoms with Crippen LogP contribution in [0.5, 0.6) is 0 Å². The second-order valence-corrected chi connectivity index (χ2v) is 5.28. The maximum Gasteiger partial charge on any atom is 0.277 e. The van der Waals surface area contributed by atoms with Crippen LogP contribution in [-0.2, 0) is 0 Å². The Morgan fingerprint density at radius 3 is 2.77 bits per heavy atom. The van der Waals surface area contributed by atoms with Gasteiger partial charge in [0.1, 0.15) is 5.76 Å². The van der Waals surface area contributed by atoms with Crippen LogP contribution < -0.4 is 5.32 Å².